The van der Waals surface area contributed by atoms with E-state index in [1.165, 1.54) is 11.8 Å². The lowest BCUT2D eigenvalue weighted by Crippen LogP contribution is -2.17. The number of carbonyl (C=O) groups excluding carboxylic acids is 3. The van der Waals surface area contributed by atoms with Crippen molar-refractivity contribution in [3.8, 4) is 5.75 Å². The Bertz CT molecular complexity index is 1290. The third-order valence-corrected chi connectivity index (χ3v) is 7.41. The van der Waals surface area contributed by atoms with Crippen LogP contribution in [0.25, 0.3) is 0 Å². The molecule has 0 radical (unpaired) electrons. The zero-order valence-corrected chi connectivity index (χ0v) is 23.2. The molecule has 2 heterocycles. The van der Waals surface area contributed by atoms with Gasteiger partial charge in [0.15, 0.2) is 17.1 Å². The van der Waals surface area contributed by atoms with Gasteiger partial charge in [-0.2, -0.15) is 0 Å². The van der Waals surface area contributed by atoms with Gasteiger partial charge in [0.1, 0.15) is 15.6 Å². The minimum absolute atomic E-state index is 0.00699. The van der Waals surface area contributed by atoms with Crippen molar-refractivity contribution in [1.82, 2.24) is 14.8 Å². The Balaban J connectivity index is 1.69. The molecule has 1 aromatic carbocycles. The molecule has 3 aromatic rings. The van der Waals surface area contributed by atoms with Crippen molar-refractivity contribution >= 4 is 45.9 Å². The van der Waals surface area contributed by atoms with Gasteiger partial charge in [-0.1, -0.05) is 23.9 Å². The van der Waals surface area contributed by atoms with Crippen LogP contribution in [-0.2, 0) is 21.3 Å². The highest BCUT2D eigenvalue weighted by Crippen LogP contribution is 2.34. The number of aryl methyl sites for hydroxylation is 1. The molecule has 0 aliphatic carbocycles. The number of thiophene rings is 1. The quantitative estimate of drug-likeness (QED) is 0.269. The third-order valence-electron chi connectivity index (χ3n) is 5.21. The SMILES string of the molecule is CCOC(=O)c1sc(NC(=O)CSc2nnc(C(C)Oc3cccc(C)c3)n2C)c(C(=O)OCC)c1C. The van der Waals surface area contributed by atoms with Gasteiger partial charge >= 0.3 is 11.9 Å². The van der Waals surface area contributed by atoms with Crippen LogP contribution in [0.5, 0.6) is 5.75 Å². The number of nitrogens with zero attached hydrogens (tertiary/aromatic N) is 3. The molecule has 12 heteroatoms. The Hall–Kier alpha value is -3.38. The molecule has 3 rings (SSSR count). The van der Waals surface area contributed by atoms with Crippen molar-refractivity contribution in [2.45, 2.75) is 45.9 Å². The zero-order valence-electron chi connectivity index (χ0n) is 21.6. The summed E-state index contributed by atoms with van der Waals surface area (Å²) in [6.45, 7) is 9.23. The second-order valence-corrected chi connectivity index (χ2v) is 9.98. The van der Waals surface area contributed by atoms with E-state index in [1.807, 2.05) is 38.1 Å². The fourth-order valence-corrected chi connectivity index (χ4v) is 5.31. The Morgan fingerprint density at radius 3 is 2.49 bits per heavy atom. The van der Waals surface area contributed by atoms with Crippen LogP contribution in [0.15, 0.2) is 29.4 Å². The Morgan fingerprint density at radius 2 is 1.81 bits per heavy atom. The number of hydrogen-bond donors (Lipinski definition) is 1. The number of benzene rings is 1. The van der Waals surface area contributed by atoms with Crippen LogP contribution in [0.2, 0.25) is 0 Å². The summed E-state index contributed by atoms with van der Waals surface area (Å²) in [6.07, 6.45) is -0.356. The van der Waals surface area contributed by atoms with Gasteiger partial charge in [-0.25, -0.2) is 9.59 Å². The minimum atomic E-state index is -0.615. The first kappa shape index (κ1) is 28.2. The molecule has 0 fully saturated rings. The highest BCUT2D eigenvalue weighted by Gasteiger charge is 2.27. The largest absolute Gasteiger partial charge is 0.483 e. The number of ether oxygens (including phenoxy) is 3. The van der Waals surface area contributed by atoms with E-state index in [4.69, 9.17) is 14.2 Å². The van der Waals surface area contributed by atoms with E-state index in [1.54, 1.807) is 32.4 Å². The summed E-state index contributed by atoms with van der Waals surface area (Å²) >= 11 is 2.18. The van der Waals surface area contributed by atoms with Crippen molar-refractivity contribution in [1.29, 1.82) is 0 Å². The lowest BCUT2D eigenvalue weighted by atomic mass is 10.1. The Morgan fingerprint density at radius 1 is 1.11 bits per heavy atom. The van der Waals surface area contributed by atoms with Crippen LogP contribution in [0.4, 0.5) is 5.00 Å². The molecule has 10 nitrogen and oxygen atoms in total. The van der Waals surface area contributed by atoms with Gasteiger partial charge in [0.2, 0.25) is 5.91 Å². The van der Waals surface area contributed by atoms with E-state index in [-0.39, 0.29) is 46.4 Å². The maximum Gasteiger partial charge on any atom is 0.348 e. The first-order chi connectivity index (χ1) is 17.7. The number of hydrogen-bond acceptors (Lipinski definition) is 10. The monoisotopic (exact) mass is 546 g/mol. The number of aromatic nitrogens is 3. The van der Waals surface area contributed by atoms with Gasteiger partial charge in [-0.15, -0.1) is 21.5 Å². The van der Waals surface area contributed by atoms with Crippen molar-refractivity contribution in [3.05, 3.63) is 51.7 Å². The number of amides is 1. The fourth-order valence-electron chi connectivity index (χ4n) is 3.49. The molecule has 0 saturated carbocycles. The maximum atomic E-state index is 12.8. The first-order valence-corrected chi connectivity index (χ1v) is 13.5. The standard InChI is InChI=1S/C25H30N4O6S2/c1-7-33-23(31)19-15(4)20(24(32)34-8-2)37-22(19)26-18(30)13-36-25-28-27-21(29(25)6)16(5)35-17-11-9-10-14(3)12-17/h9-12,16H,7-8,13H2,1-6H3,(H,26,30). The molecule has 2 aromatic heterocycles. The van der Waals surface area contributed by atoms with Crippen molar-refractivity contribution in [2.24, 2.45) is 7.05 Å². The zero-order chi connectivity index (χ0) is 27.1. The lowest BCUT2D eigenvalue weighted by Gasteiger charge is -2.14. The van der Waals surface area contributed by atoms with Crippen LogP contribution in [0.3, 0.4) is 0 Å². The average Bonchev–Trinajstić information content (AvgIpc) is 3.37. The molecule has 1 amide bonds. The molecule has 0 aliphatic heterocycles. The number of rotatable bonds is 11. The first-order valence-electron chi connectivity index (χ1n) is 11.7. The molecule has 1 unspecified atom stereocenters. The van der Waals surface area contributed by atoms with E-state index in [0.717, 1.165) is 22.6 Å². The lowest BCUT2D eigenvalue weighted by molar-refractivity contribution is -0.113. The summed E-state index contributed by atoms with van der Waals surface area (Å²) in [7, 11) is 1.80. The Labute approximate surface area is 223 Å². The number of esters is 2. The highest BCUT2D eigenvalue weighted by molar-refractivity contribution is 7.99. The summed E-state index contributed by atoms with van der Waals surface area (Å²) in [5.41, 5.74) is 1.65. The molecule has 0 saturated heterocycles. The van der Waals surface area contributed by atoms with E-state index in [0.29, 0.717) is 16.5 Å². The summed E-state index contributed by atoms with van der Waals surface area (Å²) in [4.78, 5) is 37.9. The second-order valence-electron chi connectivity index (χ2n) is 8.01. The van der Waals surface area contributed by atoms with Gasteiger partial charge in [0.05, 0.1) is 24.5 Å². The van der Waals surface area contributed by atoms with Crippen molar-refractivity contribution < 1.29 is 28.6 Å². The van der Waals surface area contributed by atoms with Gasteiger partial charge in [-0.3, -0.25) is 4.79 Å². The topological polar surface area (TPSA) is 122 Å². The highest BCUT2D eigenvalue weighted by atomic mass is 32.2. The molecule has 1 N–H and O–H groups in total. The summed E-state index contributed by atoms with van der Waals surface area (Å²) in [5.74, 6) is -0.195. The molecule has 37 heavy (non-hydrogen) atoms. The number of thioether (sulfide) groups is 1. The smallest absolute Gasteiger partial charge is 0.348 e. The molecule has 0 bridgehead atoms. The molecule has 0 spiro atoms. The number of anilines is 1. The van der Waals surface area contributed by atoms with Gasteiger partial charge in [-0.05, 0) is 57.9 Å². The summed E-state index contributed by atoms with van der Waals surface area (Å²) in [6, 6.07) is 7.73. The maximum absolute atomic E-state index is 12.8. The minimum Gasteiger partial charge on any atom is -0.483 e. The van der Waals surface area contributed by atoms with Crippen LogP contribution in [0.1, 0.15) is 63.9 Å². The van der Waals surface area contributed by atoms with E-state index in [2.05, 4.69) is 15.5 Å². The molecular formula is C25H30N4O6S2. The normalized spacial score (nSPS) is 11.6. The molecule has 0 aliphatic rings. The summed E-state index contributed by atoms with van der Waals surface area (Å²) in [5, 5.41) is 11.9. The van der Waals surface area contributed by atoms with Gasteiger partial charge in [0.25, 0.3) is 0 Å². The summed E-state index contributed by atoms with van der Waals surface area (Å²) < 4.78 is 18.0. The van der Waals surface area contributed by atoms with E-state index in [9.17, 15) is 14.4 Å². The molecule has 198 valence electrons. The van der Waals surface area contributed by atoms with Gasteiger partial charge < -0.3 is 24.1 Å². The molecule has 1 atom stereocenters. The average molecular weight is 547 g/mol. The Kier molecular flexibility index (Phi) is 9.70. The van der Waals surface area contributed by atoms with Gasteiger partial charge in [0, 0.05) is 7.05 Å². The van der Waals surface area contributed by atoms with E-state index >= 15 is 0 Å². The number of nitrogens with one attached hydrogen (secondary N) is 1. The van der Waals surface area contributed by atoms with Crippen LogP contribution < -0.4 is 10.1 Å². The van der Waals surface area contributed by atoms with Crippen LogP contribution in [0, 0.1) is 13.8 Å². The third kappa shape index (κ3) is 6.89. The van der Waals surface area contributed by atoms with Crippen molar-refractivity contribution in [3.63, 3.8) is 0 Å². The van der Waals surface area contributed by atoms with Crippen LogP contribution in [-0.4, -0.2) is 51.6 Å². The van der Waals surface area contributed by atoms with Crippen molar-refractivity contribution in [2.75, 3.05) is 24.3 Å². The van der Waals surface area contributed by atoms with E-state index < -0.39 is 11.9 Å². The number of carbonyl (C=O) groups is 3. The predicted molar refractivity (Wildman–Crippen MR) is 142 cm³/mol. The fraction of sp³-hybridized carbons (Fsp3) is 0.400. The molecular weight excluding hydrogens is 516 g/mol. The second kappa shape index (κ2) is 12.7. The van der Waals surface area contributed by atoms with Crippen LogP contribution >= 0.6 is 23.1 Å². The predicted octanol–water partition coefficient (Wildman–Crippen LogP) is 4.72.